The molecule has 0 spiro atoms. The SMILES string of the molecule is COc1cc(Nc2nccc(C)c2[N+](=O)[O-])cc(OC)c1Br. The van der Waals surface area contributed by atoms with Gasteiger partial charge in [-0.15, -0.1) is 0 Å². The molecule has 0 saturated carbocycles. The van der Waals surface area contributed by atoms with E-state index in [0.717, 1.165) is 0 Å². The molecule has 0 atom stereocenters. The maximum atomic E-state index is 11.2. The Bertz CT molecular complexity index is 696. The number of nitrogens with zero attached hydrogens (tertiary/aromatic N) is 2. The molecule has 0 amide bonds. The number of nitro groups is 1. The van der Waals surface area contributed by atoms with E-state index < -0.39 is 4.92 Å². The standard InChI is InChI=1S/C14H14BrN3O4/c1-8-4-5-16-14(13(8)18(19)20)17-9-6-10(21-2)12(15)11(7-9)22-3/h4-7H,1-3H3,(H,16,17). The smallest absolute Gasteiger partial charge is 0.314 e. The summed E-state index contributed by atoms with van der Waals surface area (Å²) in [6, 6.07) is 4.98. The fraction of sp³-hybridized carbons (Fsp3) is 0.214. The van der Waals surface area contributed by atoms with Crippen LogP contribution in [0, 0.1) is 17.0 Å². The molecule has 1 heterocycles. The number of nitrogens with one attached hydrogen (secondary N) is 1. The molecule has 22 heavy (non-hydrogen) atoms. The summed E-state index contributed by atoms with van der Waals surface area (Å²) < 4.78 is 11.2. The molecule has 0 fully saturated rings. The maximum Gasteiger partial charge on any atom is 0.314 e. The van der Waals surface area contributed by atoms with E-state index in [2.05, 4.69) is 26.2 Å². The zero-order valence-corrected chi connectivity index (χ0v) is 13.8. The first kappa shape index (κ1) is 16.0. The number of anilines is 2. The molecular weight excluding hydrogens is 354 g/mol. The van der Waals surface area contributed by atoms with Crippen molar-refractivity contribution in [2.24, 2.45) is 0 Å². The Kier molecular flexibility index (Phi) is 4.81. The number of aryl methyl sites for hydroxylation is 1. The maximum absolute atomic E-state index is 11.2. The highest BCUT2D eigenvalue weighted by Crippen LogP contribution is 2.39. The van der Waals surface area contributed by atoms with Crippen LogP contribution in [0.15, 0.2) is 28.9 Å². The summed E-state index contributed by atoms with van der Waals surface area (Å²) in [6.07, 6.45) is 1.51. The second-order valence-electron chi connectivity index (χ2n) is 4.40. The Morgan fingerprint density at radius 2 is 1.86 bits per heavy atom. The number of aromatic nitrogens is 1. The van der Waals surface area contributed by atoms with E-state index in [0.29, 0.717) is 27.2 Å². The van der Waals surface area contributed by atoms with Crippen LogP contribution in [0.3, 0.4) is 0 Å². The van der Waals surface area contributed by atoms with Gasteiger partial charge in [-0.2, -0.15) is 0 Å². The summed E-state index contributed by atoms with van der Waals surface area (Å²) in [5.41, 5.74) is 1.03. The third-order valence-corrected chi connectivity index (χ3v) is 3.80. The fourth-order valence-corrected chi connectivity index (χ4v) is 2.50. The van der Waals surface area contributed by atoms with Crippen LogP contribution in [0.2, 0.25) is 0 Å². The minimum Gasteiger partial charge on any atom is -0.495 e. The molecule has 8 heteroatoms. The second-order valence-corrected chi connectivity index (χ2v) is 5.19. The van der Waals surface area contributed by atoms with E-state index >= 15 is 0 Å². The van der Waals surface area contributed by atoms with Gasteiger partial charge < -0.3 is 14.8 Å². The van der Waals surface area contributed by atoms with Gasteiger partial charge in [0.25, 0.3) is 0 Å². The van der Waals surface area contributed by atoms with Crippen molar-refractivity contribution in [3.05, 3.63) is 44.5 Å². The third kappa shape index (κ3) is 3.11. The average molecular weight is 368 g/mol. The number of halogens is 1. The van der Waals surface area contributed by atoms with Crippen molar-refractivity contribution in [2.75, 3.05) is 19.5 Å². The van der Waals surface area contributed by atoms with Crippen molar-refractivity contribution < 1.29 is 14.4 Å². The molecule has 0 bridgehead atoms. The van der Waals surface area contributed by atoms with Crippen molar-refractivity contribution in [3.8, 4) is 11.5 Å². The summed E-state index contributed by atoms with van der Waals surface area (Å²) >= 11 is 3.37. The molecule has 0 saturated heterocycles. The van der Waals surface area contributed by atoms with E-state index in [1.807, 2.05) is 0 Å². The van der Waals surface area contributed by atoms with Crippen molar-refractivity contribution >= 4 is 33.1 Å². The molecule has 0 radical (unpaired) electrons. The van der Waals surface area contributed by atoms with Crippen molar-refractivity contribution in [1.82, 2.24) is 4.98 Å². The van der Waals surface area contributed by atoms with E-state index in [-0.39, 0.29) is 11.5 Å². The molecule has 0 aliphatic rings. The lowest BCUT2D eigenvalue weighted by Crippen LogP contribution is -2.02. The molecular formula is C14H14BrN3O4. The number of methoxy groups -OCH3 is 2. The highest BCUT2D eigenvalue weighted by atomic mass is 79.9. The molecule has 1 N–H and O–H groups in total. The van der Waals surface area contributed by atoms with Crippen molar-refractivity contribution in [2.45, 2.75) is 6.92 Å². The topological polar surface area (TPSA) is 86.5 Å². The first-order valence-corrected chi connectivity index (χ1v) is 7.05. The average Bonchev–Trinajstić information content (AvgIpc) is 2.48. The van der Waals surface area contributed by atoms with Crippen LogP contribution in [0.25, 0.3) is 0 Å². The molecule has 0 aliphatic carbocycles. The monoisotopic (exact) mass is 367 g/mol. The summed E-state index contributed by atoms with van der Waals surface area (Å²) in [7, 11) is 3.05. The quantitative estimate of drug-likeness (QED) is 0.638. The lowest BCUT2D eigenvalue weighted by Gasteiger charge is -2.13. The Morgan fingerprint density at radius 1 is 1.27 bits per heavy atom. The minimum absolute atomic E-state index is 0.0663. The number of rotatable bonds is 5. The predicted octanol–water partition coefficient (Wildman–Crippen LogP) is 3.82. The van der Waals surface area contributed by atoms with Gasteiger partial charge in [0.2, 0.25) is 5.82 Å². The lowest BCUT2D eigenvalue weighted by atomic mass is 10.2. The fourth-order valence-electron chi connectivity index (χ4n) is 1.95. The highest BCUT2D eigenvalue weighted by Gasteiger charge is 2.19. The van der Waals surface area contributed by atoms with E-state index in [1.54, 1.807) is 25.1 Å². The summed E-state index contributed by atoms with van der Waals surface area (Å²) in [5, 5.41) is 14.1. The molecule has 1 aromatic carbocycles. The largest absolute Gasteiger partial charge is 0.495 e. The van der Waals surface area contributed by atoms with Crippen LogP contribution in [-0.2, 0) is 0 Å². The van der Waals surface area contributed by atoms with Gasteiger partial charge in [0.15, 0.2) is 0 Å². The van der Waals surface area contributed by atoms with Gasteiger partial charge in [-0.25, -0.2) is 4.98 Å². The minimum atomic E-state index is -0.460. The number of hydrogen-bond donors (Lipinski definition) is 1. The Morgan fingerprint density at radius 3 is 2.36 bits per heavy atom. The van der Waals surface area contributed by atoms with Gasteiger partial charge in [0.1, 0.15) is 16.0 Å². The Hall–Kier alpha value is -2.35. The van der Waals surface area contributed by atoms with Gasteiger partial charge in [-0.05, 0) is 28.9 Å². The van der Waals surface area contributed by atoms with Crippen molar-refractivity contribution in [1.29, 1.82) is 0 Å². The van der Waals surface area contributed by atoms with Gasteiger partial charge in [-0.1, -0.05) is 0 Å². The first-order chi connectivity index (χ1) is 10.5. The van der Waals surface area contributed by atoms with Gasteiger partial charge in [0.05, 0.1) is 19.1 Å². The number of ether oxygens (including phenoxy) is 2. The van der Waals surface area contributed by atoms with Gasteiger partial charge in [0, 0.05) is 29.6 Å². The summed E-state index contributed by atoms with van der Waals surface area (Å²) in [6.45, 7) is 1.66. The third-order valence-electron chi connectivity index (χ3n) is 3.02. The van der Waals surface area contributed by atoms with Crippen LogP contribution in [0.1, 0.15) is 5.56 Å². The normalized spacial score (nSPS) is 10.2. The molecule has 116 valence electrons. The molecule has 2 aromatic rings. The molecule has 1 aromatic heterocycles. The first-order valence-electron chi connectivity index (χ1n) is 6.26. The zero-order chi connectivity index (χ0) is 16.3. The Balaban J connectivity index is 2.48. The zero-order valence-electron chi connectivity index (χ0n) is 12.2. The van der Waals surface area contributed by atoms with Gasteiger partial charge >= 0.3 is 5.69 Å². The van der Waals surface area contributed by atoms with E-state index in [1.165, 1.54) is 20.4 Å². The number of benzene rings is 1. The second kappa shape index (κ2) is 6.61. The number of hydrogen-bond acceptors (Lipinski definition) is 6. The van der Waals surface area contributed by atoms with Crippen LogP contribution < -0.4 is 14.8 Å². The van der Waals surface area contributed by atoms with Crippen LogP contribution >= 0.6 is 15.9 Å². The molecule has 0 aliphatic heterocycles. The molecule has 2 rings (SSSR count). The highest BCUT2D eigenvalue weighted by molar-refractivity contribution is 9.10. The van der Waals surface area contributed by atoms with Crippen molar-refractivity contribution in [3.63, 3.8) is 0 Å². The summed E-state index contributed by atoms with van der Waals surface area (Å²) in [5.74, 6) is 1.24. The summed E-state index contributed by atoms with van der Waals surface area (Å²) in [4.78, 5) is 14.8. The molecule has 7 nitrogen and oxygen atoms in total. The van der Waals surface area contributed by atoms with Crippen LogP contribution in [0.4, 0.5) is 17.2 Å². The Labute approximate surface area is 135 Å². The predicted molar refractivity (Wildman–Crippen MR) is 86.2 cm³/mol. The van der Waals surface area contributed by atoms with Crippen LogP contribution in [0.5, 0.6) is 11.5 Å². The lowest BCUT2D eigenvalue weighted by molar-refractivity contribution is -0.384. The van der Waals surface area contributed by atoms with E-state index in [4.69, 9.17) is 9.47 Å². The van der Waals surface area contributed by atoms with Crippen LogP contribution in [-0.4, -0.2) is 24.1 Å². The van der Waals surface area contributed by atoms with E-state index in [9.17, 15) is 10.1 Å². The van der Waals surface area contributed by atoms with Gasteiger partial charge in [-0.3, -0.25) is 10.1 Å². The molecule has 0 unspecified atom stereocenters. The number of pyridine rings is 1.